The van der Waals surface area contributed by atoms with Crippen LogP contribution in [0.25, 0.3) is 6.08 Å². The van der Waals surface area contributed by atoms with E-state index in [-0.39, 0.29) is 0 Å². The molecule has 1 rings (SSSR count). The lowest BCUT2D eigenvalue weighted by Crippen LogP contribution is -2.15. The van der Waals surface area contributed by atoms with Crippen molar-refractivity contribution in [1.29, 1.82) is 0 Å². The molecule has 0 radical (unpaired) electrons. The van der Waals surface area contributed by atoms with Gasteiger partial charge < -0.3 is 10.4 Å². The van der Waals surface area contributed by atoms with E-state index < -0.39 is 0 Å². The minimum atomic E-state index is 0.293. The first-order valence-corrected chi connectivity index (χ1v) is 5.46. The summed E-state index contributed by atoms with van der Waals surface area (Å²) in [6.07, 6.45) is 6.15. The van der Waals surface area contributed by atoms with Crippen LogP contribution >= 0.6 is 0 Å². The molecule has 0 aliphatic carbocycles. The van der Waals surface area contributed by atoms with Crippen molar-refractivity contribution in [3.8, 4) is 0 Å². The number of rotatable bonds is 7. The highest BCUT2D eigenvalue weighted by molar-refractivity contribution is 5.48. The second kappa shape index (κ2) is 8.21. The molecule has 0 unspecified atom stereocenters. The maximum absolute atomic E-state index is 8.58. The third-order valence-electron chi connectivity index (χ3n) is 2.13. The Kier molecular flexibility index (Phi) is 6.54. The number of aliphatic hydroxyl groups is 1. The number of nitrogens with one attached hydrogen (secondary N) is 1. The zero-order valence-corrected chi connectivity index (χ0v) is 9.02. The quantitative estimate of drug-likeness (QED) is 0.668. The monoisotopic (exact) mass is 205 g/mol. The normalized spacial score (nSPS) is 11.0. The van der Waals surface area contributed by atoms with Crippen molar-refractivity contribution in [2.75, 3.05) is 19.7 Å². The van der Waals surface area contributed by atoms with Gasteiger partial charge in [-0.25, -0.2) is 0 Å². The van der Waals surface area contributed by atoms with Crippen LogP contribution < -0.4 is 5.32 Å². The third kappa shape index (κ3) is 6.05. The average molecular weight is 205 g/mol. The van der Waals surface area contributed by atoms with Gasteiger partial charge in [0, 0.05) is 13.2 Å². The van der Waals surface area contributed by atoms with Crippen molar-refractivity contribution in [1.82, 2.24) is 5.32 Å². The first kappa shape index (κ1) is 12.0. The highest BCUT2D eigenvalue weighted by atomic mass is 16.2. The van der Waals surface area contributed by atoms with E-state index in [1.54, 1.807) is 0 Å². The SMILES string of the molecule is OCCCCNC/C=C/c1ccccc1. The zero-order valence-electron chi connectivity index (χ0n) is 9.02. The molecule has 0 saturated carbocycles. The first-order chi connectivity index (χ1) is 7.43. The van der Waals surface area contributed by atoms with Crippen LogP contribution in [0.15, 0.2) is 36.4 Å². The van der Waals surface area contributed by atoms with Gasteiger partial charge in [0.15, 0.2) is 0 Å². The van der Waals surface area contributed by atoms with Gasteiger partial charge in [0.2, 0.25) is 0 Å². The fourth-order valence-corrected chi connectivity index (χ4v) is 1.31. The van der Waals surface area contributed by atoms with E-state index in [2.05, 4.69) is 29.6 Å². The van der Waals surface area contributed by atoms with Crippen molar-refractivity contribution < 1.29 is 5.11 Å². The fraction of sp³-hybridized carbons (Fsp3) is 0.385. The second-order valence-electron chi connectivity index (χ2n) is 3.45. The van der Waals surface area contributed by atoms with Crippen LogP contribution in [0.2, 0.25) is 0 Å². The summed E-state index contributed by atoms with van der Waals surface area (Å²) in [5.41, 5.74) is 1.23. The predicted octanol–water partition coefficient (Wildman–Crippen LogP) is 2.06. The molecule has 2 nitrogen and oxygen atoms in total. The molecule has 0 heterocycles. The number of hydrogen-bond acceptors (Lipinski definition) is 2. The van der Waals surface area contributed by atoms with Gasteiger partial charge in [0.05, 0.1) is 0 Å². The summed E-state index contributed by atoms with van der Waals surface area (Å²) in [6, 6.07) is 10.3. The molecule has 0 fully saturated rings. The molecular formula is C13H19NO. The fourth-order valence-electron chi connectivity index (χ4n) is 1.31. The summed E-state index contributed by atoms with van der Waals surface area (Å²) in [6.45, 7) is 2.15. The molecule has 0 amide bonds. The lowest BCUT2D eigenvalue weighted by molar-refractivity contribution is 0.284. The Labute approximate surface area is 91.6 Å². The van der Waals surface area contributed by atoms with Crippen LogP contribution in [-0.4, -0.2) is 24.8 Å². The Bertz CT molecular complexity index is 269. The molecule has 15 heavy (non-hydrogen) atoms. The molecule has 0 spiro atoms. The highest BCUT2D eigenvalue weighted by Gasteiger charge is 1.85. The van der Waals surface area contributed by atoms with E-state index in [1.165, 1.54) is 5.56 Å². The van der Waals surface area contributed by atoms with Gasteiger partial charge >= 0.3 is 0 Å². The molecule has 0 bridgehead atoms. The number of benzene rings is 1. The van der Waals surface area contributed by atoms with Crippen LogP contribution in [0.4, 0.5) is 0 Å². The predicted molar refractivity (Wildman–Crippen MR) is 64.7 cm³/mol. The lowest BCUT2D eigenvalue weighted by atomic mass is 10.2. The maximum Gasteiger partial charge on any atom is 0.0431 e. The van der Waals surface area contributed by atoms with Crippen molar-refractivity contribution >= 4 is 6.08 Å². The first-order valence-electron chi connectivity index (χ1n) is 5.46. The van der Waals surface area contributed by atoms with Gasteiger partial charge in [0.1, 0.15) is 0 Å². The van der Waals surface area contributed by atoms with Gasteiger partial charge in [-0.15, -0.1) is 0 Å². The minimum absolute atomic E-state index is 0.293. The van der Waals surface area contributed by atoms with Gasteiger partial charge in [-0.2, -0.15) is 0 Å². The molecule has 0 aromatic heterocycles. The van der Waals surface area contributed by atoms with Crippen LogP contribution in [0, 0.1) is 0 Å². The number of unbranched alkanes of at least 4 members (excludes halogenated alkanes) is 1. The van der Waals surface area contributed by atoms with E-state index in [0.717, 1.165) is 25.9 Å². The van der Waals surface area contributed by atoms with E-state index >= 15 is 0 Å². The van der Waals surface area contributed by atoms with Crippen molar-refractivity contribution in [2.45, 2.75) is 12.8 Å². The van der Waals surface area contributed by atoms with E-state index in [1.807, 2.05) is 18.2 Å². The summed E-state index contributed by atoms with van der Waals surface area (Å²) >= 11 is 0. The zero-order chi connectivity index (χ0) is 10.8. The maximum atomic E-state index is 8.58. The van der Waals surface area contributed by atoms with Gasteiger partial charge in [-0.3, -0.25) is 0 Å². The van der Waals surface area contributed by atoms with E-state index in [9.17, 15) is 0 Å². The topological polar surface area (TPSA) is 32.3 Å². The Morgan fingerprint density at radius 1 is 1.13 bits per heavy atom. The van der Waals surface area contributed by atoms with E-state index in [4.69, 9.17) is 5.11 Å². The van der Waals surface area contributed by atoms with E-state index in [0.29, 0.717) is 6.61 Å². The molecule has 0 aliphatic heterocycles. The number of aliphatic hydroxyl groups excluding tert-OH is 1. The van der Waals surface area contributed by atoms with Crippen molar-refractivity contribution in [3.63, 3.8) is 0 Å². The summed E-state index contributed by atoms with van der Waals surface area (Å²) < 4.78 is 0. The second-order valence-corrected chi connectivity index (χ2v) is 3.45. The third-order valence-corrected chi connectivity index (χ3v) is 2.13. The van der Waals surface area contributed by atoms with Crippen LogP contribution in [0.1, 0.15) is 18.4 Å². The standard InChI is InChI=1S/C13H19NO/c15-12-5-4-10-14-11-6-9-13-7-2-1-3-8-13/h1-3,6-9,14-15H,4-5,10-12H2/b9-6+. The highest BCUT2D eigenvalue weighted by Crippen LogP contribution is 1.99. The molecule has 0 atom stereocenters. The van der Waals surface area contributed by atoms with Crippen LogP contribution in [0.3, 0.4) is 0 Å². The van der Waals surface area contributed by atoms with Crippen molar-refractivity contribution in [3.05, 3.63) is 42.0 Å². The largest absolute Gasteiger partial charge is 0.396 e. The smallest absolute Gasteiger partial charge is 0.0431 e. The number of hydrogen-bond donors (Lipinski definition) is 2. The van der Waals surface area contributed by atoms with Crippen LogP contribution in [-0.2, 0) is 0 Å². The summed E-state index contributed by atoms with van der Waals surface area (Å²) in [5.74, 6) is 0. The lowest BCUT2D eigenvalue weighted by Gasteiger charge is -1.99. The Balaban J connectivity index is 2.07. The van der Waals surface area contributed by atoms with Gasteiger partial charge in [-0.1, -0.05) is 42.5 Å². The molecular weight excluding hydrogens is 186 g/mol. The average Bonchev–Trinajstić information content (AvgIpc) is 2.29. The summed E-state index contributed by atoms with van der Waals surface area (Å²) in [7, 11) is 0. The summed E-state index contributed by atoms with van der Waals surface area (Å²) in [5, 5.41) is 11.9. The van der Waals surface area contributed by atoms with Crippen molar-refractivity contribution in [2.24, 2.45) is 0 Å². The summed E-state index contributed by atoms with van der Waals surface area (Å²) in [4.78, 5) is 0. The van der Waals surface area contributed by atoms with Gasteiger partial charge in [0.25, 0.3) is 0 Å². The Morgan fingerprint density at radius 3 is 2.67 bits per heavy atom. The van der Waals surface area contributed by atoms with Crippen LogP contribution in [0.5, 0.6) is 0 Å². The molecule has 1 aromatic rings. The molecule has 82 valence electrons. The van der Waals surface area contributed by atoms with Gasteiger partial charge in [-0.05, 0) is 24.9 Å². The molecule has 0 aliphatic rings. The minimum Gasteiger partial charge on any atom is -0.396 e. The molecule has 0 saturated heterocycles. The molecule has 1 aromatic carbocycles. The Morgan fingerprint density at radius 2 is 1.93 bits per heavy atom. The molecule has 2 heteroatoms. The molecule has 2 N–H and O–H groups in total. The Hall–Kier alpha value is -1.12.